The number of aliphatic imine (C=N–C) groups is 1. The van der Waals surface area contributed by atoms with Crippen molar-refractivity contribution < 1.29 is 4.79 Å². The lowest BCUT2D eigenvalue weighted by molar-refractivity contribution is -0.115. The molecule has 6 nitrogen and oxygen atoms in total. The Morgan fingerprint density at radius 2 is 2.09 bits per heavy atom. The molecule has 0 atom stereocenters. The highest BCUT2D eigenvalue weighted by molar-refractivity contribution is 7.07. The van der Waals surface area contributed by atoms with E-state index in [-0.39, 0.29) is 5.91 Å². The minimum Gasteiger partial charge on any atom is -0.291 e. The van der Waals surface area contributed by atoms with Gasteiger partial charge in [0.05, 0.1) is 4.53 Å². The van der Waals surface area contributed by atoms with Crippen LogP contribution in [0.4, 0.5) is 0 Å². The lowest BCUT2D eigenvalue weighted by Gasteiger charge is -2.00. The minimum atomic E-state index is -0.271. The molecule has 1 aliphatic rings. The average Bonchev–Trinajstić information content (AvgIpc) is 3.15. The van der Waals surface area contributed by atoms with Gasteiger partial charge in [0.25, 0.3) is 5.91 Å². The first-order valence-corrected chi connectivity index (χ1v) is 7.37. The Balaban J connectivity index is 1.70. The van der Waals surface area contributed by atoms with E-state index in [9.17, 15) is 4.79 Å². The Bertz CT molecular complexity index is 854. The van der Waals surface area contributed by atoms with Crippen molar-refractivity contribution in [1.82, 2.24) is 21.2 Å². The van der Waals surface area contributed by atoms with Crippen LogP contribution in [0.1, 0.15) is 5.56 Å². The maximum Gasteiger partial charge on any atom is 0.250 e. The number of carbonyl (C=O) groups excluding carboxylic acids is 1. The topological polar surface area (TPSA) is 78.4 Å². The van der Waals surface area contributed by atoms with Crippen LogP contribution >= 0.6 is 11.3 Å². The van der Waals surface area contributed by atoms with Crippen LogP contribution in [0.2, 0.25) is 0 Å². The third-order valence-corrected chi connectivity index (χ3v) is 3.82. The molecule has 7 heteroatoms. The number of aromatic nitrogens is 1. The van der Waals surface area contributed by atoms with Crippen molar-refractivity contribution in [3.63, 3.8) is 0 Å². The van der Waals surface area contributed by atoms with Gasteiger partial charge < -0.3 is 0 Å². The van der Waals surface area contributed by atoms with Gasteiger partial charge in [-0.25, -0.2) is 0 Å². The monoisotopic (exact) mass is 311 g/mol. The number of guanidine groups is 1. The van der Waals surface area contributed by atoms with Crippen molar-refractivity contribution in [3.8, 4) is 0 Å². The van der Waals surface area contributed by atoms with Crippen molar-refractivity contribution in [3.05, 3.63) is 57.4 Å². The van der Waals surface area contributed by atoms with Crippen molar-refractivity contribution >= 4 is 41.7 Å². The van der Waals surface area contributed by atoms with Crippen LogP contribution in [-0.2, 0) is 4.79 Å². The van der Waals surface area contributed by atoms with Gasteiger partial charge in [-0.2, -0.15) is 4.99 Å². The highest BCUT2D eigenvalue weighted by Crippen LogP contribution is 1.99. The fourth-order valence-electron chi connectivity index (χ4n) is 1.80. The summed E-state index contributed by atoms with van der Waals surface area (Å²) < 4.78 is 0.934. The maximum atomic E-state index is 11.9. The quantitative estimate of drug-likeness (QED) is 0.678. The first-order valence-electron chi connectivity index (χ1n) is 6.49. The van der Waals surface area contributed by atoms with Crippen molar-refractivity contribution in [2.75, 3.05) is 0 Å². The highest BCUT2D eigenvalue weighted by Gasteiger charge is 2.12. The van der Waals surface area contributed by atoms with Crippen LogP contribution in [0, 0.1) is 0 Å². The van der Waals surface area contributed by atoms with Crippen LogP contribution < -0.4 is 25.9 Å². The number of thiophene rings is 1. The third-order valence-electron chi connectivity index (χ3n) is 2.86. The summed E-state index contributed by atoms with van der Waals surface area (Å²) in [7, 11) is 0. The minimum absolute atomic E-state index is 0.271. The first-order chi connectivity index (χ1) is 10.7. The van der Waals surface area contributed by atoms with Crippen molar-refractivity contribution in [2.24, 2.45) is 4.99 Å². The predicted molar refractivity (Wildman–Crippen MR) is 87.6 cm³/mol. The second-order valence-corrected chi connectivity index (χ2v) is 5.35. The summed E-state index contributed by atoms with van der Waals surface area (Å²) in [6, 6.07) is 5.54. The Hall–Kier alpha value is -2.93. The Morgan fingerprint density at radius 3 is 2.82 bits per heavy atom. The van der Waals surface area contributed by atoms with E-state index in [1.54, 1.807) is 18.5 Å². The molecule has 3 heterocycles. The predicted octanol–water partition coefficient (Wildman–Crippen LogP) is -0.0875. The van der Waals surface area contributed by atoms with Crippen LogP contribution in [-0.4, -0.2) is 16.9 Å². The maximum absolute atomic E-state index is 11.9. The summed E-state index contributed by atoms with van der Waals surface area (Å²) in [5.41, 5.74) is 6.63. The van der Waals surface area contributed by atoms with Crippen LogP contribution in [0.15, 0.2) is 47.0 Å². The average molecular weight is 311 g/mol. The summed E-state index contributed by atoms with van der Waals surface area (Å²) in [6.45, 7) is 3.92. The number of hydrogen-bond acceptors (Lipinski definition) is 6. The molecule has 22 heavy (non-hydrogen) atoms. The third kappa shape index (κ3) is 3.21. The normalized spacial score (nSPS) is 16.1. The first kappa shape index (κ1) is 14.0. The molecule has 0 aliphatic carbocycles. The molecule has 3 rings (SSSR count). The van der Waals surface area contributed by atoms with E-state index in [0.29, 0.717) is 11.8 Å². The molecule has 0 radical (unpaired) electrons. The van der Waals surface area contributed by atoms with Crippen LogP contribution in [0.3, 0.4) is 0 Å². The molecule has 0 bridgehead atoms. The van der Waals surface area contributed by atoms with Gasteiger partial charge in [-0.15, -0.1) is 11.3 Å². The number of hydrogen-bond donors (Lipinski definition) is 3. The molecule has 0 fully saturated rings. The number of nitrogens with zero attached hydrogens (tertiary/aromatic N) is 2. The molecular weight excluding hydrogens is 298 g/mol. The van der Waals surface area contributed by atoms with Gasteiger partial charge >= 0.3 is 0 Å². The molecule has 0 aromatic carbocycles. The summed E-state index contributed by atoms with van der Waals surface area (Å²) in [4.78, 5) is 20.1. The standard InChI is InChI=1S/C15H13N5OS/c1-10-6-9-22-13(10)14-18-15(20-19-14)17-12(21)3-2-11-4-7-16-8-5-11/h2-9,19H,1H2,(H2,17,18,20,21)/b3-2+,14-13?. The molecule has 2 aromatic rings. The van der Waals surface area contributed by atoms with E-state index in [1.807, 2.05) is 23.6 Å². The summed E-state index contributed by atoms with van der Waals surface area (Å²) >= 11 is 1.53. The highest BCUT2D eigenvalue weighted by atomic mass is 32.1. The molecule has 1 amide bonds. The van der Waals surface area contributed by atoms with Crippen LogP contribution in [0.5, 0.6) is 0 Å². The van der Waals surface area contributed by atoms with E-state index in [1.165, 1.54) is 17.4 Å². The number of amides is 1. The number of nitrogens with one attached hydrogen (secondary N) is 3. The van der Waals surface area contributed by atoms with E-state index in [2.05, 4.69) is 32.7 Å². The second-order valence-electron chi connectivity index (χ2n) is 4.44. The second kappa shape index (κ2) is 6.23. The summed E-state index contributed by atoms with van der Waals surface area (Å²) in [5.74, 6) is 0.729. The van der Waals surface area contributed by atoms with E-state index < -0.39 is 0 Å². The molecule has 0 saturated carbocycles. The van der Waals surface area contributed by atoms with E-state index in [4.69, 9.17) is 0 Å². The zero-order valence-corrected chi connectivity index (χ0v) is 12.4. The lowest BCUT2D eigenvalue weighted by Crippen LogP contribution is -2.41. The zero-order valence-electron chi connectivity index (χ0n) is 11.5. The zero-order chi connectivity index (χ0) is 15.4. The Kier molecular flexibility index (Phi) is 3.97. The summed E-state index contributed by atoms with van der Waals surface area (Å²) in [6.07, 6.45) is 6.48. The number of hydrazine groups is 1. The van der Waals surface area contributed by atoms with Gasteiger partial charge in [0, 0.05) is 18.5 Å². The number of pyridine rings is 1. The Morgan fingerprint density at radius 1 is 1.27 bits per heavy atom. The van der Waals surface area contributed by atoms with Crippen molar-refractivity contribution in [2.45, 2.75) is 0 Å². The van der Waals surface area contributed by atoms with E-state index in [0.717, 1.165) is 15.3 Å². The molecule has 0 spiro atoms. The Labute approximate surface area is 130 Å². The van der Waals surface area contributed by atoms with Gasteiger partial charge in [-0.1, -0.05) is 6.58 Å². The largest absolute Gasteiger partial charge is 0.291 e. The molecule has 2 aromatic heterocycles. The van der Waals surface area contributed by atoms with Gasteiger partial charge in [0.1, 0.15) is 0 Å². The molecular formula is C15H13N5OS. The van der Waals surface area contributed by atoms with Gasteiger partial charge in [0.2, 0.25) is 5.96 Å². The van der Waals surface area contributed by atoms with Gasteiger partial charge in [-0.3, -0.25) is 25.9 Å². The lowest BCUT2D eigenvalue weighted by atomic mass is 10.2. The van der Waals surface area contributed by atoms with Crippen LogP contribution in [0.25, 0.3) is 18.5 Å². The van der Waals surface area contributed by atoms with Gasteiger partial charge in [0.15, 0.2) is 5.82 Å². The van der Waals surface area contributed by atoms with Gasteiger partial charge in [-0.05, 0) is 40.4 Å². The number of rotatable bonds is 2. The van der Waals surface area contributed by atoms with Crippen molar-refractivity contribution in [1.29, 1.82) is 0 Å². The fourth-order valence-corrected chi connectivity index (χ4v) is 2.60. The van der Waals surface area contributed by atoms with E-state index >= 15 is 0 Å². The smallest absolute Gasteiger partial charge is 0.250 e. The SMILES string of the molecule is C=c1ccsc1=C1N=C(NC(=O)/C=C/c2ccncc2)NN1. The summed E-state index contributed by atoms with van der Waals surface area (Å²) in [5, 5.41) is 5.49. The molecule has 1 aliphatic heterocycles. The number of carbonyl (C=O) groups is 1. The fraction of sp³-hybridized carbons (Fsp3) is 0. The molecule has 0 saturated heterocycles. The molecule has 3 N–H and O–H groups in total. The molecule has 110 valence electrons. The molecule has 0 unspecified atom stereocenters.